The van der Waals surface area contributed by atoms with Gasteiger partial charge in [0, 0.05) is 23.4 Å². The van der Waals surface area contributed by atoms with Crippen LogP contribution in [0.25, 0.3) is 0 Å². The molecule has 34 heavy (non-hydrogen) atoms. The Morgan fingerprint density at radius 3 is 2.71 bits per heavy atom. The number of nitrogens with one attached hydrogen (secondary N) is 1. The van der Waals surface area contributed by atoms with E-state index in [1.165, 1.54) is 30.5 Å². The van der Waals surface area contributed by atoms with Crippen molar-refractivity contribution in [3.8, 4) is 17.2 Å². The Morgan fingerprint density at radius 2 is 1.97 bits per heavy atom. The van der Waals surface area contributed by atoms with Gasteiger partial charge in [0.1, 0.15) is 29.6 Å². The summed E-state index contributed by atoms with van der Waals surface area (Å²) in [4.78, 5) is 27.3. The van der Waals surface area contributed by atoms with Gasteiger partial charge in [-0.2, -0.15) is 0 Å². The molecule has 4 rings (SSSR count). The van der Waals surface area contributed by atoms with E-state index in [0.717, 1.165) is 5.56 Å². The molecule has 4 aromatic rings. The van der Waals surface area contributed by atoms with Gasteiger partial charge in [0.15, 0.2) is 5.76 Å². The van der Waals surface area contributed by atoms with Crippen LogP contribution in [0.15, 0.2) is 77.5 Å². The smallest absolute Gasteiger partial charge is 0.291 e. The van der Waals surface area contributed by atoms with Gasteiger partial charge in [0.25, 0.3) is 11.6 Å². The summed E-state index contributed by atoms with van der Waals surface area (Å²) in [6.07, 6.45) is 3.04. The van der Waals surface area contributed by atoms with E-state index in [1.54, 1.807) is 42.6 Å². The monoisotopic (exact) mass is 479 g/mol. The molecule has 9 nitrogen and oxygen atoms in total. The number of carbonyl (C=O) groups excluding carboxylic acids is 1. The zero-order valence-electron chi connectivity index (χ0n) is 17.9. The number of hydrogen-bond donors (Lipinski definition) is 1. The van der Waals surface area contributed by atoms with Crippen LogP contribution < -0.4 is 14.8 Å². The molecule has 172 valence electrons. The highest BCUT2D eigenvalue weighted by atomic mass is 35.5. The summed E-state index contributed by atoms with van der Waals surface area (Å²) >= 11 is 6.01. The van der Waals surface area contributed by atoms with E-state index in [-0.39, 0.29) is 29.5 Å². The zero-order valence-corrected chi connectivity index (χ0v) is 18.6. The molecular weight excluding hydrogens is 462 g/mol. The van der Waals surface area contributed by atoms with Crippen molar-refractivity contribution in [2.75, 3.05) is 5.32 Å². The normalized spacial score (nSPS) is 10.5. The Hall–Kier alpha value is -4.37. The van der Waals surface area contributed by atoms with Crippen LogP contribution in [-0.2, 0) is 6.61 Å². The van der Waals surface area contributed by atoms with Crippen LogP contribution in [0.3, 0.4) is 0 Å². The number of nitrogens with zero attached hydrogens (tertiary/aromatic N) is 2. The summed E-state index contributed by atoms with van der Waals surface area (Å²) in [5, 5.41) is 14.6. The molecule has 0 spiro atoms. The lowest BCUT2D eigenvalue weighted by Gasteiger charge is -2.09. The van der Waals surface area contributed by atoms with Crippen LogP contribution in [0, 0.1) is 17.0 Å². The second-order valence-electron chi connectivity index (χ2n) is 7.18. The van der Waals surface area contributed by atoms with Crippen molar-refractivity contribution in [3.05, 3.63) is 105 Å². The molecule has 0 aliphatic carbocycles. The van der Waals surface area contributed by atoms with Crippen LogP contribution in [0.1, 0.15) is 21.9 Å². The van der Waals surface area contributed by atoms with E-state index in [1.807, 2.05) is 6.92 Å². The third kappa shape index (κ3) is 5.70. The quantitative estimate of drug-likeness (QED) is 0.237. The number of carbonyl (C=O) groups is 1. The number of ether oxygens (including phenoxy) is 2. The molecule has 2 heterocycles. The number of nitro groups is 1. The van der Waals surface area contributed by atoms with Crippen LogP contribution in [0.2, 0.25) is 5.02 Å². The topological polar surface area (TPSA) is 117 Å². The molecule has 0 saturated carbocycles. The Balaban J connectivity index is 1.45. The third-order valence-corrected chi connectivity index (χ3v) is 5.05. The Morgan fingerprint density at radius 1 is 1.12 bits per heavy atom. The molecule has 1 N–H and O–H groups in total. The van der Waals surface area contributed by atoms with Gasteiger partial charge in [-0.05, 0) is 55.0 Å². The molecular formula is C24H18ClN3O6. The van der Waals surface area contributed by atoms with Crippen molar-refractivity contribution in [2.24, 2.45) is 0 Å². The molecule has 0 saturated heterocycles. The second kappa shape index (κ2) is 10.1. The van der Waals surface area contributed by atoms with E-state index in [2.05, 4.69) is 10.3 Å². The molecule has 0 fully saturated rings. The number of hydrogen-bond acceptors (Lipinski definition) is 7. The van der Waals surface area contributed by atoms with Crippen LogP contribution in [0.5, 0.6) is 17.2 Å². The van der Waals surface area contributed by atoms with Crippen molar-refractivity contribution in [1.29, 1.82) is 0 Å². The maximum absolute atomic E-state index is 12.7. The first kappa shape index (κ1) is 22.8. The van der Waals surface area contributed by atoms with Gasteiger partial charge in [-0.1, -0.05) is 11.6 Å². The van der Waals surface area contributed by atoms with Crippen LogP contribution in [0.4, 0.5) is 11.4 Å². The fourth-order valence-corrected chi connectivity index (χ4v) is 3.11. The maximum atomic E-state index is 12.7. The molecule has 0 aliphatic rings. The minimum atomic E-state index is -0.582. The van der Waals surface area contributed by atoms with Crippen molar-refractivity contribution in [3.63, 3.8) is 0 Å². The fraction of sp³-hybridized carbons (Fsp3) is 0.0833. The number of anilines is 1. The number of pyridine rings is 1. The average molecular weight is 480 g/mol. The summed E-state index contributed by atoms with van der Waals surface area (Å²) in [6, 6.07) is 15.6. The van der Waals surface area contributed by atoms with Gasteiger partial charge in [-0.25, -0.2) is 0 Å². The summed E-state index contributed by atoms with van der Waals surface area (Å²) < 4.78 is 16.9. The van der Waals surface area contributed by atoms with E-state index < -0.39 is 10.8 Å². The Labute approximate surface area is 199 Å². The van der Waals surface area contributed by atoms with Crippen molar-refractivity contribution in [1.82, 2.24) is 4.98 Å². The first-order valence-corrected chi connectivity index (χ1v) is 10.4. The summed E-state index contributed by atoms with van der Waals surface area (Å²) in [5.74, 6) is 1.05. The molecule has 0 bridgehead atoms. The molecule has 0 aliphatic heterocycles. The largest absolute Gasteiger partial charge is 0.486 e. The first-order valence-electron chi connectivity index (χ1n) is 10.0. The SMILES string of the molecule is Cc1cc(OCc2ccc(C(=O)Nc3cc(Oc4cccnc4)cc([N+](=O)[O-])c3)o2)ccc1Cl. The Bertz CT molecular complexity index is 1340. The van der Waals surface area contributed by atoms with Crippen molar-refractivity contribution in [2.45, 2.75) is 13.5 Å². The lowest BCUT2D eigenvalue weighted by molar-refractivity contribution is -0.384. The summed E-state index contributed by atoms with van der Waals surface area (Å²) in [5.41, 5.74) is 0.801. The molecule has 0 radical (unpaired) electrons. The lowest BCUT2D eigenvalue weighted by atomic mass is 10.2. The van der Waals surface area contributed by atoms with Crippen LogP contribution >= 0.6 is 11.6 Å². The molecule has 1 amide bonds. The first-order chi connectivity index (χ1) is 16.4. The number of aryl methyl sites for hydroxylation is 1. The van der Waals surface area contributed by atoms with Crippen molar-refractivity contribution < 1.29 is 23.6 Å². The maximum Gasteiger partial charge on any atom is 0.291 e. The molecule has 2 aromatic heterocycles. The van der Waals surface area contributed by atoms with Gasteiger partial charge in [0.2, 0.25) is 0 Å². The number of nitro benzene ring substituents is 1. The van der Waals surface area contributed by atoms with E-state index in [0.29, 0.717) is 22.3 Å². The molecule has 0 atom stereocenters. The number of non-ortho nitro benzene ring substituents is 1. The zero-order chi connectivity index (χ0) is 24.1. The second-order valence-corrected chi connectivity index (χ2v) is 7.59. The highest BCUT2D eigenvalue weighted by Gasteiger charge is 2.16. The number of benzene rings is 2. The number of rotatable bonds is 8. The minimum Gasteiger partial charge on any atom is -0.486 e. The van der Waals surface area contributed by atoms with Gasteiger partial charge < -0.3 is 19.2 Å². The molecule has 0 unspecified atom stereocenters. The number of furan rings is 1. The van der Waals surface area contributed by atoms with Crippen LogP contribution in [-0.4, -0.2) is 15.8 Å². The van der Waals surface area contributed by atoms with Gasteiger partial charge in [-0.15, -0.1) is 0 Å². The van der Waals surface area contributed by atoms with Gasteiger partial charge in [-0.3, -0.25) is 19.9 Å². The highest BCUT2D eigenvalue weighted by molar-refractivity contribution is 6.31. The molecule has 10 heteroatoms. The number of amides is 1. The third-order valence-electron chi connectivity index (χ3n) is 4.63. The van der Waals surface area contributed by atoms with E-state index in [9.17, 15) is 14.9 Å². The standard InChI is InChI=1S/C24H18ClN3O6/c1-15-9-18(4-6-22(15)25)32-14-20-5-7-23(34-20)24(29)27-16-10-17(28(30)31)12-21(11-16)33-19-3-2-8-26-13-19/h2-13H,14H2,1H3,(H,27,29). The van der Waals surface area contributed by atoms with Gasteiger partial charge in [0.05, 0.1) is 22.9 Å². The Kier molecular flexibility index (Phi) is 6.74. The van der Waals surface area contributed by atoms with E-state index >= 15 is 0 Å². The predicted molar refractivity (Wildman–Crippen MR) is 125 cm³/mol. The van der Waals surface area contributed by atoms with Crippen molar-refractivity contribution >= 4 is 28.9 Å². The van der Waals surface area contributed by atoms with E-state index in [4.69, 9.17) is 25.5 Å². The minimum absolute atomic E-state index is 0.0205. The number of halogens is 1. The average Bonchev–Trinajstić information content (AvgIpc) is 3.30. The highest BCUT2D eigenvalue weighted by Crippen LogP contribution is 2.30. The number of aromatic nitrogens is 1. The summed E-state index contributed by atoms with van der Waals surface area (Å²) in [7, 11) is 0. The molecule has 2 aromatic carbocycles. The fourth-order valence-electron chi connectivity index (χ4n) is 3.00. The predicted octanol–water partition coefficient (Wildman–Crippen LogP) is 6.17. The lowest BCUT2D eigenvalue weighted by Crippen LogP contribution is -2.11. The summed E-state index contributed by atoms with van der Waals surface area (Å²) in [6.45, 7) is 1.97. The van der Waals surface area contributed by atoms with Gasteiger partial charge >= 0.3 is 0 Å².